The molecular weight excluding hydrogens is 291 g/mol. The molecule has 1 heterocycles. The fraction of sp³-hybridized carbons (Fsp3) is 0.375. The van der Waals surface area contributed by atoms with Gasteiger partial charge in [0.05, 0.1) is 5.69 Å². The lowest BCUT2D eigenvalue weighted by Crippen LogP contribution is -2.15. The monoisotopic (exact) mass is 306 g/mol. The Balaban J connectivity index is 2.04. The summed E-state index contributed by atoms with van der Waals surface area (Å²) in [6.07, 6.45) is 14.0. The predicted octanol–water partition coefficient (Wildman–Crippen LogP) is 4.89. The van der Waals surface area contributed by atoms with Gasteiger partial charge in [-0.05, 0) is 42.4 Å². The third-order valence-electron chi connectivity index (χ3n) is 3.91. The van der Waals surface area contributed by atoms with E-state index in [0.717, 1.165) is 30.5 Å². The van der Waals surface area contributed by atoms with Crippen LogP contribution in [0.2, 0.25) is 10.4 Å². The summed E-state index contributed by atoms with van der Waals surface area (Å²) in [6, 6.07) is 0. The lowest BCUT2D eigenvalue weighted by Gasteiger charge is -2.25. The van der Waals surface area contributed by atoms with Crippen LogP contribution >= 0.6 is 23.2 Å². The number of hydrogen-bond donors (Lipinski definition) is 0. The lowest BCUT2D eigenvalue weighted by atomic mass is 9.82. The molecule has 0 saturated heterocycles. The molecule has 0 N–H and O–H groups in total. The SMILES string of the molecule is CC1C=CC=C(C2CCCc3c(Cl)nc(Cl)nc32)C=C1. The second-order valence-electron chi connectivity index (χ2n) is 5.36. The molecule has 0 spiro atoms. The van der Waals surface area contributed by atoms with Gasteiger partial charge in [0.15, 0.2) is 0 Å². The van der Waals surface area contributed by atoms with E-state index in [2.05, 4.69) is 47.3 Å². The fourth-order valence-corrected chi connectivity index (χ4v) is 3.36. The Hall–Kier alpha value is -1.12. The van der Waals surface area contributed by atoms with Gasteiger partial charge in [0, 0.05) is 11.5 Å². The molecule has 0 radical (unpaired) electrons. The zero-order valence-electron chi connectivity index (χ0n) is 11.3. The van der Waals surface area contributed by atoms with Gasteiger partial charge < -0.3 is 0 Å². The van der Waals surface area contributed by atoms with Crippen LogP contribution in [-0.2, 0) is 6.42 Å². The van der Waals surface area contributed by atoms with Gasteiger partial charge in [0.25, 0.3) is 0 Å². The quantitative estimate of drug-likeness (QED) is 0.545. The smallest absolute Gasteiger partial charge is 0.222 e. The van der Waals surface area contributed by atoms with Gasteiger partial charge in [-0.2, -0.15) is 0 Å². The molecule has 1 aromatic rings. The number of halogens is 2. The maximum atomic E-state index is 6.22. The van der Waals surface area contributed by atoms with E-state index in [1.807, 2.05) is 0 Å². The van der Waals surface area contributed by atoms with Crippen LogP contribution in [0.15, 0.2) is 36.0 Å². The van der Waals surface area contributed by atoms with Gasteiger partial charge >= 0.3 is 0 Å². The van der Waals surface area contributed by atoms with E-state index in [9.17, 15) is 0 Å². The lowest BCUT2D eigenvalue weighted by molar-refractivity contribution is 0.594. The molecule has 0 bridgehead atoms. The second kappa shape index (κ2) is 5.71. The first-order chi connectivity index (χ1) is 9.65. The van der Waals surface area contributed by atoms with Crippen molar-refractivity contribution < 1.29 is 0 Å². The summed E-state index contributed by atoms with van der Waals surface area (Å²) < 4.78 is 0. The van der Waals surface area contributed by atoms with Gasteiger partial charge in [-0.25, -0.2) is 9.97 Å². The summed E-state index contributed by atoms with van der Waals surface area (Å²) >= 11 is 12.2. The molecule has 2 nitrogen and oxygen atoms in total. The summed E-state index contributed by atoms with van der Waals surface area (Å²) in [5.74, 6) is 0.729. The Morgan fingerprint density at radius 1 is 1.20 bits per heavy atom. The van der Waals surface area contributed by atoms with Crippen LogP contribution in [0.1, 0.15) is 36.9 Å². The van der Waals surface area contributed by atoms with Crippen LogP contribution in [0.25, 0.3) is 0 Å². The van der Waals surface area contributed by atoms with Gasteiger partial charge in [-0.1, -0.05) is 48.9 Å². The summed E-state index contributed by atoms with van der Waals surface area (Å²) in [4.78, 5) is 8.52. The Labute approximate surface area is 129 Å². The van der Waals surface area contributed by atoms with Crippen molar-refractivity contribution in [2.75, 3.05) is 0 Å². The standard InChI is InChI=1S/C16H16Cl2N2/c1-10-4-2-5-11(9-8-10)12-6-3-7-13-14(12)19-16(18)20-15(13)17/h2,4-5,8-10,12H,3,6-7H2,1H3. The van der Waals surface area contributed by atoms with Crippen LogP contribution in [-0.4, -0.2) is 9.97 Å². The zero-order valence-corrected chi connectivity index (χ0v) is 12.8. The van der Waals surface area contributed by atoms with Crippen molar-refractivity contribution in [1.82, 2.24) is 9.97 Å². The maximum Gasteiger partial charge on any atom is 0.224 e. The molecule has 0 fully saturated rings. The van der Waals surface area contributed by atoms with E-state index in [1.165, 1.54) is 5.57 Å². The second-order valence-corrected chi connectivity index (χ2v) is 6.06. The maximum absolute atomic E-state index is 6.22. The Morgan fingerprint density at radius 3 is 2.90 bits per heavy atom. The third kappa shape index (κ3) is 2.68. The molecular formula is C16H16Cl2N2. The number of allylic oxidation sites excluding steroid dienone is 6. The molecule has 2 aliphatic rings. The van der Waals surface area contributed by atoms with Gasteiger partial charge in [-0.3, -0.25) is 0 Å². The molecule has 0 amide bonds. The highest BCUT2D eigenvalue weighted by molar-refractivity contribution is 6.32. The van der Waals surface area contributed by atoms with Crippen molar-refractivity contribution in [1.29, 1.82) is 0 Å². The van der Waals surface area contributed by atoms with E-state index in [0.29, 0.717) is 11.1 Å². The molecule has 0 aromatic carbocycles. The third-order valence-corrected chi connectivity index (χ3v) is 4.39. The first-order valence-corrected chi connectivity index (χ1v) is 7.69. The van der Waals surface area contributed by atoms with Crippen molar-refractivity contribution in [2.45, 2.75) is 32.1 Å². The summed E-state index contributed by atoms with van der Waals surface area (Å²) in [6.45, 7) is 2.18. The molecule has 2 atom stereocenters. The minimum atomic E-state index is 0.239. The Bertz CT molecular complexity index is 617. The molecule has 20 heavy (non-hydrogen) atoms. The number of nitrogens with zero attached hydrogens (tertiary/aromatic N) is 2. The Morgan fingerprint density at radius 2 is 2.05 bits per heavy atom. The topological polar surface area (TPSA) is 25.8 Å². The van der Waals surface area contributed by atoms with E-state index < -0.39 is 0 Å². The molecule has 1 aromatic heterocycles. The molecule has 104 valence electrons. The fourth-order valence-electron chi connectivity index (χ4n) is 2.87. The minimum absolute atomic E-state index is 0.239. The average molecular weight is 307 g/mol. The molecule has 4 heteroatoms. The normalized spacial score (nSPS) is 25.1. The summed E-state index contributed by atoms with van der Waals surface area (Å²) in [7, 11) is 0. The van der Waals surface area contributed by atoms with Crippen LogP contribution in [0.4, 0.5) is 0 Å². The predicted molar refractivity (Wildman–Crippen MR) is 83.3 cm³/mol. The number of hydrogen-bond acceptors (Lipinski definition) is 2. The van der Waals surface area contributed by atoms with Gasteiger partial charge in [0.1, 0.15) is 5.15 Å². The van der Waals surface area contributed by atoms with Crippen LogP contribution in [0.3, 0.4) is 0 Å². The first-order valence-electron chi connectivity index (χ1n) is 6.93. The van der Waals surface area contributed by atoms with E-state index in [1.54, 1.807) is 0 Å². The molecule has 2 unspecified atom stereocenters. The zero-order chi connectivity index (χ0) is 14.1. The van der Waals surface area contributed by atoms with Crippen LogP contribution in [0.5, 0.6) is 0 Å². The van der Waals surface area contributed by atoms with Crippen molar-refractivity contribution in [3.05, 3.63) is 57.6 Å². The van der Waals surface area contributed by atoms with Gasteiger partial charge in [0.2, 0.25) is 5.28 Å². The van der Waals surface area contributed by atoms with E-state index >= 15 is 0 Å². The van der Waals surface area contributed by atoms with Crippen molar-refractivity contribution in [3.63, 3.8) is 0 Å². The van der Waals surface area contributed by atoms with Crippen molar-refractivity contribution >= 4 is 23.2 Å². The van der Waals surface area contributed by atoms with E-state index in [4.69, 9.17) is 23.2 Å². The van der Waals surface area contributed by atoms with Crippen LogP contribution in [0, 0.1) is 5.92 Å². The summed E-state index contributed by atoms with van der Waals surface area (Å²) in [5, 5.41) is 0.745. The first kappa shape index (κ1) is 13.8. The number of rotatable bonds is 1. The molecule has 0 saturated carbocycles. The minimum Gasteiger partial charge on any atom is -0.222 e. The highest BCUT2D eigenvalue weighted by Gasteiger charge is 2.27. The van der Waals surface area contributed by atoms with Crippen molar-refractivity contribution in [3.8, 4) is 0 Å². The van der Waals surface area contributed by atoms with Gasteiger partial charge in [-0.15, -0.1) is 0 Å². The van der Waals surface area contributed by atoms with Crippen LogP contribution < -0.4 is 0 Å². The Kier molecular flexibility index (Phi) is 3.95. The highest BCUT2D eigenvalue weighted by Crippen LogP contribution is 2.39. The highest BCUT2D eigenvalue weighted by atomic mass is 35.5. The number of fused-ring (bicyclic) bond motifs is 1. The largest absolute Gasteiger partial charge is 0.224 e. The molecule has 0 aliphatic heterocycles. The van der Waals surface area contributed by atoms with Crippen molar-refractivity contribution in [2.24, 2.45) is 5.92 Å². The summed E-state index contributed by atoms with van der Waals surface area (Å²) in [5.41, 5.74) is 3.33. The van der Waals surface area contributed by atoms with E-state index in [-0.39, 0.29) is 11.2 Å². The number of aromatic nitrogens is 2. The molecule has 2 aliphatic carbocycles. The average Bonchev–Trinajstić information content (AvgIpc) is 2.63. The molecule has 3 rings (SSSR count).